The predicted octanol–water partition coefficient (Wildman–Crippen LogP) is 2.89. The van der Waals surface area contributed by atoms with Gasteiger partial charge in [-0.1, -0.05) is 19.1 Å². The fourth-order valence-corrected chi connectivity index (χ4v) is 1.81. The normalized spacial score (nSPS) is 19.5. The largest absolute Gasteiger partial charge is 0.486 e. The first kappa shape index (κ1) is 9.38. The highest BCUT2D eigenvalue weighted by molar-refractivity contribution is 5.65. The fourth-order valence-electron chi connectivity index (χ4n) is 1.81. The minimum atomic E-state index is 0.322. The predicted molar refractivity (Wildman–Crippen MR) is 59.1 cm³/mol. The molecule has 1 atom stereocenters. The lowest BCUT2D eigenvalue weighted by Gasteiger charge is -2.29. The Labute approximate surface area is 85.3 Å². The summed E-state index contributed by atoms with van der Waals surface area (Å²) >= 11 is 0. The van der Waals surface area contributed by atoms with Crippen LogP contribution in [0.15, 0.2) is 12.1 Å². The lowest BCUT2D eigenvalue weighted by molar-refractivity contribution is 0.200. The van der Waals surface area contributed by atoms with Crippen LogP contribution in [0.3, 0.4) is 0 Å². The SMILES string of the molecule is CCC1CNc2c(C)ccc(C)c2O1. The molecule has 0 bridgehead atoms. The van der Waals surface area contributed by atoms with E-state index in [1.54, 1.807) is 0 Å². The first-order valence-electron chi connectivity index (χ1n) is 5.23. The van der Waals surface area contributed by atoms with Gasteiger partial charge in [0.25, 0.3) is 0 Å². The summed E-state index contributed by atoms with van der Waals surface area (Å²) < 4.78 is 5.93. The molecule has 0 spiro atoms. The van der Waals surface area contributed by atoms with E-state index < -0.39 is 0 Å². The molecule has 14 heavy (non-hydrogen) atoms. The lowest BCUT2D eigenvalue weighted by Crippen LogP contribution is -2.30. The molecule has 0 aromatic heterocycles. The molecule has 2 nitrogen and oxygen atoms in total. The van der Waals surface area contributed by atoms with Gasteiger partial charge in [0.1, 0.15) is 11.9 Å². The van der Waals surface area contributed by atoms with Gasteiger partial charge in [-0.05, 0) is 31.4 Å². The van der Waals surface area contributed by atoms with Gasteiger partial charge < -0.3 is 10.1 Å². The van der Waals surface area contributed by atoms with E-state index in [-0.39, 0.29) is 0 Å². The Balaban J connectivity index is 2.40. The maximum Gasteiger partial charge on any atom is 0.146 e. The van der Waals surface area contributed by atoms with E-state index in [9.17, 15) is 0 Å². The highest BCUT2D eigenvalue weighted by Gasteiger charge is 2.20. The van der Waals surface area contributed by atoms with E-state index in [0.29, 0.717) is 6.10 Å². The van der Waals surface area contributed by atoms with Gasteiger partial charge in [0.15, 0.2) is 0 Å². The maximum atomic E-state index is 5.93. The van der Waals surface area contributed by atoms with Crippen LogP contribution < -0.4 is 10.1 Å². The van der Waals surface area contributed by atoms with Crippen LogP contribution in [0.4, 0.5) is 5.69 Å². The molecule has 0 fully saturated rings. The summed E-state index contributed by atoms with van der Waals surface area (Å²) in [5, 5.41) is 3.45. The zero-order valence-electron chi connectivity index (χ0n) is 9.05. The summed E-state index contributed by atoms with van der Waals surface area (Å²) in [6.07, 6.45) is 1.38. The van der Waals surface area contributed by atoms with Crippen molar-refractivity contribution >= 4 is 5.69 Å². The van der Waals surface area contributed by atoms with E-state index in [2.05, 4.69) is 38.2 Å². The average molecular weight is 191 g/mol. The quantitative estimate of drug-likeness (QED) is 0.737. The van der Waals surface area contributed by atoms with Crippen LogP contribution in [-0.2, 0) is 0 Å². The summed E-state index contributed by atoms with van der Waals surface area (Å²) in [5.41, 5.74) is 3.66. The van der Waals surface area contributed by atoms with Crippen LogP contribution in [-0.4, -0.2) is 12.6 Å². The number of rotatable bonds is 1. The van der Waals surface area contributed by atoms with Gasteiger partial charge in [0.05, 0.1) is 12.2 Å². The zero-order valence-corrected chi connectivity index (χ0v) is 9.05. The summed E-state index contributed by atoms with van der Waals surface area (Å²) in [5.74, 6) is 1.04. The highest BCUT2D eigenvalue weighted by atomic mass is 16.5. The number of hydrogen-bond donors (Lipinski definition) is 1. The van der Waals surface area contributed by atoms with E-state index in [0.717, 1.165) is 18.7 Å². The number of fused-ring (bicyclic) bond motifs is 1. The van der Waals surface area contributed by atoms with Gasteiger partial charge in [0, 0.05) is 0 Å². The Morgan fingerprint density at radius 2 is 2.07 bits per heavy atom. The van der Waals surface area contributed by atoms with Crippen LogP contribution in [0.25, 0.3) is 0 Å². The summed E-state index contributed by atoms with van der Waals surface area (Å²) in [6, 6.07) is 4.25. The number of benzene rings is 1. The molecule has 0 saturated heterocycles. The standard InChI is InChI=1S/C12H17NO/c1-4-10-7-13-11-8(2)5-6-9(3)12(11)14-10/h5-6,10,13H,4,7H2,1-3H3. The molecule has 2 heteroatoms. The second-order valence-electron chi connectivity index (χ2n) is 3.93. The number of anilines is 1. The van der Waals surface area contributed by atoms with E-state index in [1.807, 2.05) is 0 Å². The molecular formula is C12H17NO. The Hall–Kier alpha value is -1.18. The smallest absolute Gasteiger partial charge is 0.146 e. The molecule has 1 heterocycles. The van der Waals surface area contributed by atoms with Crippen molar-refractivity contribution in [3.63, 3.8) is 0 Å². The van der Waals surface area contributed by atoms with Crippen LogP contribution in [0.1, 0.15) is 24.5 Å². The highest BCUT2D eigenvalue weighted by Crippen LogP contribution is 2.35. The third-order valence-electron chi connectivity index (χ3n) is 2.81. The van der Waals surface area contributed by atoms with Crippen LogP contribution in [0.2, 0.25) is 0 Å². The van der Waals surface area contributed by atoms with Gasteiger partial charge >= 0.3 is 0 Å². The molecule has 1 aliphatic rings. The molecule has 0 saturated carbocycles. The number of nitrogens with one attached hydrogen (secondary N) is 1. The molecule has 76 valence electrons. The van der Waals surface area contributed by atoms with Crippen molar-refractivity contribution in [3.05, 3.63) is 23.3 Å². The van der Waals surface area contributed by atoms with Gasteiger partial charge in [-0.2, -0.15) is 0 Å². The lowest BCUT2D eigenvalue weighted by atomic mass is 10.1. The molecular weight excluding hydrogens is 174 g/mol. The molecule has 1 aromatic rings. The van der Waals surface area contributed by atoms with Crippen molar-refractivity contribution < 1.29 is 4.74 Å². The molecule has 0 radical (unpaired) electrons. The third kappa shape index (κ3) is 1.45. The van der Waals surface area contributed by atoms with Crippen molar-refractivity contribution in [1.82, 2.24) is 0 Å². The van der Waals surface area contributed by atoms with Crippen molar-refractivity contribution in [3.8, 4) is 5.75 Å². The van der Waals surface area contributed by atoms with Gasteiger partial charge in [0.2, 0.25) is 0 Å². The van der Waals surface area contributed by atoms with Gasteiger partial charge in [-0.3, -0.25) is 0 Å². The summed E-state index contributed by atoms with van der Waals surface area (Å²) in [6.45, 7) is 7.29. The molecule has 1 aromatic carbocycles. The second kappa shape index (κ2) is 3.52. The Morgan fingerprint density at radius 1 is 1.36 bits per heavy atom. The monoisotopic (exact) mass is 191 g/mol. The molecule has 1 unspecified atom stereocenters. The Morgan fingerprint density at radius 3 is 2.79 bits per heavy atom. The van der Waals surface area contributed by atoms with Crippen LogP contribution in [0, 0.1) is 13.8 Å². The van der Waals surface area contributed by atoms with E-state index in [1.165, 1.54) is 16.8 Å². The number of ether oxygens (including phenoxy) is 1. The topological polar surface area (TPSA) is 21.3 Å². The number of hydrogen-bond acceptors (Lipinski definition) is 2. The summed E-state index contributed by atoms with van der Waals surface area (Å²) in [4.78, 5) is 0. The van der Waals surface area contributed by atoms with Crippen molar-refractivity contribution in [2.45, 2.75) is 33.3 Å². The van der Waals surface area contributed by atoms with Gasteiger partial charge in [-0.25, -0.2) is 0 Å². The number of aryl methyl sites for hydroxylation is 2. The Kier molecular flexibility index (Phi) is 2.36. The zero-order chi connectivity index (χ0) is 10.1. The van der Waals surface area contributed by atoms with Gasteiger partial charge in [-0.15, -0.1) is 0 Å². The first-order valence-corrected chi connectivity index (χ1v) is 5.23. The van der Waals surface area contributed by atoms with Crippen molar-refractivity contribution in [1.29, 1.82) is 0 Å². The molecule has 0 aliphatic carbocycles. The maximum absolute atomic E-state index is 5.93. The molecule has 1 aliphatic heterocycles. The van der Waals surface area contributed by atoms with E-state index in [4.69, 9.17) is 4.74 Å². The third-order valence-corrected chi connectivity index (χ3v) is 2.81. The van der Waals surface area contributed by atoms with Crippen molar-refractivity contribution in [2.75, 3.05) is 11.9 Å². The molecule has 2 rings (SSSR count). The first-order chi connectivity index (χ1) is 6.72. The molecule has 0 amide bonds. The minimum absolute atomic E-state index is 0.322. The minimum Gasteiger partial charge on any atom is -0.486 e. The van der Waals surface area contributed by atoms with Crippen LogP contribution in [0.5, 0.6) is 5.75 Å². The van der Waals surface area contributed by atoms with Crippen molar-refractivity contribution in [2.24, 2.45) is 0 Å². The fraction of sp³-hybridized carbons (Fsp3) is 0.500. The average Bonchev–Trinajstić information content (AvgIpc) is 2.23. The van der Waals surface area contributed by atoms with Crippen LogP contribution >= 0.6 is 0 Å². The van der Waals surface area contributed by atoms with E-state index >= 15 is 0 Å². The summed E-state index contributed by atoms with van der Waals surface area (Å²) in [7, 11) is 0. The molecule has 1 N–H and O–H groups in total. The second-order valence-corrected chi connectivity index (χ2v) is 3.93. The Bertz CT molecular complexity index is 346.